The molecule has 0 saturated carbocycles. The smallest absolute Gasteiger partial charge is 0.237 e. The summed E-state index contributed by atoms with van der Waals surface area (Å²) in [6.45, 7) is 4.08. The second-order valence-electron chi connectivity index (χ2n) is 5.64. The molecule has 0 spiro atoms. The van der Waals surface area contributed by atoms with Crippen molar-refractivity contribution in [2.24, 2.45) is 0 Å². The molecule has 21 heavy (non-hydrogen) atoms. The number of benzene rings is 1. The van der Waals surface area contributed by atoms with Crippen LogP contribution in [-0.4, -0.2) is 31.7 Å². The number of piperidine rings is 1. The van der Waals surface area contributed by atoms with E-state index in [0.717, 1.165) is 42.9 Å². The summed E-state index contributed by atoms with van der Waals surface area (Å²) in [5, 5.41) is 6.34. The minimum absolute atomic E-state index is 0.0444. The molecule has 114 valence electrons. The van der Waals surface area contributed by atoms with E-state index >= 15 is 0 Å². The lowest BCUT2D eigenvalue weighted by Gasteiger charge is -2.25. The van der Waals surface area contributed by atoms with Gasteiger partial charge in [-0.1, -0.05) is 12.5 Å². The van der Waals surface area contributed by atoms with Gasteiger partial charge >= 0.3 is 0 Å². The van der Waals surface area contributed by atoms with Crippen LogP contribution in [0, 0.1) is 0 Å². The fraction of sp³-hybridized carbons (Fsp3) is 0.562. The topological polar surface area (TPSA) is 59.6 Å². The average molecular weight is 290 g/mol. The molecule has 2 aliphatic rings. The summed E-state index contributed by atoms with van der Waals surface area (Å²) in [7, 11) is 0. The van der Waals surface area contributed by atoms with Gasteiger partial charge in [-0.2, -0.15) is 0 Å². The quantitative estimate of drug-likeness (QED) is 0.891. The molecular weight excluding hydrogens is 268 g/mol. The molecule has 0 aliphatic carbocycles. The number of amides is 1. The standard InChI is InChI=1S/C16H22N2O3/c1-11(18-16(19)13-4-2-3-7-17-13)12-5-6-14-15(10-12)21-9-8-20-14/h5-6,10-11,13,17H,2-4,7-9H2,1H3,(H,18,19). The van der Waals surface area contributed by atoms with Crippen molar-refractivity contribution >= 4 is 5.91 Å². The summed E-state index contributed by atoms with van der Waals surface area (Å²) in [5.41, 5.74) is 1.03. The number of hydrogen-bond acceptors (Lipinski definition) is 4. The minimum Gasteiger partial charge on any atom is -0.486 e. The molecule has 2 atom stereocenters. The Kier molecular flexibility index (Phi) is 4.29. The van der Waals surface area contributed by atoms with Crippen molar-refractivity contribution in [3.8, 4) is 11.5 Å². The average Bonchev–Trinajstić information content (AvgIpc) is 2.55. The molecule has 5 heteroatoms. The fourth-order valence-electron chi connectivity index (χ4n) is 2.80. The summed E-state index contributed by atoms with van der Waals surface area (Å²) in [5.74, 6) is 1.62. The van der Waals surface area contributed by atoms with Crippen LogP contribution < -0.4 is 20.1 Å². The highest BCUT2D eigenvalue weighted by Gasteiger charge is 2.22. The monoisotopic (exact) mass is 290 g/mol. The van der Waals surface area contributed by atoms with E-state index < -0.39 is 0 Å². The molecule has 0 radical (unpaired) electrons. The summed E-state index contributed by atoms with van der Waals surface area (Å²) >= 11 is 0. The summed E-state index contributed by atoms with van der Waals surface area (Å²) < 4.78 is 11.1. The van der Waals surface area contributed by atoms with Crippen LogP contribution in [0.5, 0.6) is 11.5 Å². The van der Waals surface area contributed by atoms with E-state index in [0.29, 0.717) is 13.2 Å². The molecule has 3 rings (SSSR count). The van der Waals surface area contributed by atoms with Crippen LogP contribution in [-0.2, 0) is 4.79 Å². The molecule has 2 aliphatic heterocycles. The van der Waals surface area contributed by atoms with Crippen LogP contribution in [0.25, 0.3) is 0 Å². The van der Waals surface area contributed by atoms with Gasteiger partial charge in [0.2, 0.25) is 5.91 Å². The minimum atomic E-state index is -0.0570. The second-order valence-corrected chi connectivity index (χ2v) is 5.64. The van der Waals surface area contributed by atoms with E-state index in [4.69, 9.17) is 9.47 Å². The van der Waals surface area contributed by atoms with Gasteiger partial charge in [0.05, 0.1) is 12.1 Å². The van der Waals surface area contributed by atoms with E-state index in [1.807, 2.05) is 25.1 Å². The van der Waals surface area contributed by atoms with Crippen LogP contribution in [0.1, 0.15) is 37.8 Å². The largest absolute Gasteiger partial charge is 0.486 e. The molecule has 1 aromatic rings. The van der Waals surface area contributed by atoms with Gasteiger partial charge < -0.3 is 20.1 Å². The highest BCUT2D eigenvalue weighted by atomic mass is 16.6. The van der Waals surface area contributed by atoms with E-state index in [-0.39, 0.29) is 18.0 Å². The highest BCUT2D eigenvalue weighted by Crippen LogP contribution is 2.32. The maximum absolute atomic E-state index is 12.2. The van der Waals surface area contributed by atoms with Gasteiger partial charge in [0, 0.05) is 0 Å². The number of ether oxygens (including phenoxy) is 2. The molecule has 1 fully saturated rings. The van der Waals surface area contributed by atoms with Crippen LogP contribution in [0.2, 0.25) is 0 Å². The van der Waals surface area contributed by atoms with Crippen molar-refractivity contribution in [3.05, 3.63) is 23.8 Å². The van der Waals surface area contributed by atoms with Crippen LogP contribution in [0.4, 0.5) is 0 Å². The van der Waals surface area contributed by atoms with Gasteiger partial charge in [-0.15, -0.1) is 0 Å². The Morgan fingerprint density at radius 1 is 1.29 bits per heavy atom. The summed E-state index contributed by atoms with van der Waals surface area (Å²) in [6.07, 6.45) is 3.19. The first-order valence-electron chi connectivity index (χ1n) is 7.67. The van der Waals surface area contributed by atoms with Crippen molar-refractivity contribution in [1.82, 2.24) is 10.6 Å². The molecule has 1 amide bonds. The zero-order chi connectivity index (χ0) is 14.7. The van der Waals surface area contributed by atoms with E-state index in [9.17, 15) is 4.79 Å². The third-order valence-corrected chi connectivity index (χ3v) is 4.05. The van der Waals surface area contributed by atoms with Gasteiger partial charge in [-0.25, -0.2) is 0 Å². The molecule has 2 heterocycles. The van der Waals surface area contributed by atoms with Crippen LogP contribution in [0.15, 0.2) is 18.2 Å². The number of carbonyl (C=O) groups excluding carboxylic acids is 1. The SMILES string of the molecule is CC(NC(=O)C1CCCCN1)c1ccc2c(c1)OCCO2. The normalized spacial score (nSPS) is 22.4. The Hall–Kier alpha value is -1.75. The molecule has 1 saturated heterocycles. The van der Waals surface area contributed by atoms with E-state index in [2.05, 4.69) is 10.6 Å². The van der Waals surface area contributed by atoms with Crippen molar-refractivity contribution < 1.29 is 14.3 Å². The Bertz CT molecular complexity index is 512. The maximum atomic E-state index is 12.2. The van der Waals surface area contributed by atoms with Crippen molar-refractivity contribution in [1.29, 1.82) is 0 Å². The maximum Gasteiger partial charge on any atom is 0.237 e. The molecule has 2 unspecified atom stereocenters. The Morgan fingerprint density at radius 3 is 2.86 bits per heavy atom. The van der Waals surface area contributed by atoms with E-state index in [1.54, 1.807) is 0 Å². The lowest BCUT2D eigenvalue weighted by molar-refractivity contribution is -0.124. The Labute approximate surface area is 125 Å². The van der Waals surface area contributed by atoms with Crippen molar-refractivity contribution in [2.45, 2.75) is 38.3 Å². The summed E-state index contributed by atoms with van der Waals surface area (Å²) in [4.78, 5) is 12.2. The van der Waals surface area contributed by atoms with Crippen LogP contribution >= 0.6 is 0 Å². The van der Waals surface area contributed by atoms with Gasteiger partial charge in [0.25, 0.3) is 0 Å². The molecule has 2 N–H and O–H groups in total. The first-order valence-corrected chi connectivity index (χ1v) is 7.67. The predicted molar refractivity (Wildman–Crippen MR) is 79.6 cm³/mol. The zero-order valence-electron chi connectivity index (χ0n) is 12.4. The molecular formula is C16H22N2O3. The number of nitrogens with one attached hydrogen (secondary N) is 2. The Morgan fingerprint density at radius 2 is 2.10 bits per heavy atom. The van der Waals surface area contributed by atoms with Crippen LogP contribution in [0.3, 0.4) is 0 Å². The molecule has 1 aromatic carbocycles. The highest BCUT2D eigenvalue weighted by molar-refractivity contribution is 5.82. The van der Waals surface area contributed by atoms with Crippen molar-refractivity contribution in [3.63, 3.8) is 0 Å². The number of fused-ring (bicyclic) bond motifs is 1. The fourth-order valence-corrected chi connectivity index (χ4v) is 2.80. The third kappa shape index (κ3) is 3.29. The zero-order valence-corrected chi connectivity index (χ0v) is 12.4. The van der Waals surface area contributed by atoms with Gasteiger partial charge in [-0.3, -0.25) is 4.79 Å². The Balaban J connectivity index is 1.64. The first kappa shape index (κ1) is 14.2. The molecule has 0 bridgehead atoms. The van der Waals surface area contributed by atoms with Gasteiger partial charge in [0.15, 0.2) is 11.5 Å². The van der Waals surface area contributed by atoms with Crippen molar-refractivity contribution in [2.75, 3.05) is 19.8 Å². The summed E-state index contributed by atoms with van der Waals surface area (Å²) in [6, 6.07) is 5.74. The second kappa shape index (κ2) is 6.35. The number of carbonyl (C=O) groups is 1. The lowest BCUT2D eigenvalue weighted by atomic mass is 10.0. The van der Waals surface area contributed by atoms with Gasteiger partial charge in [-0.05, 0) is 44.0 Å². The number of hydrogen-bond donors (Lipinski definition) is 2. The first-order chi connectivity index (χ1) is 10.2. The molecule has 0 aromatic heterocycles. The predicted octanol–water partition coefficient (Wildman–Crippen LogP) is 1.78. The van der Waals surface area contributed by atoms with Gasteiger partial charge in [0.1, 0.15) is 13.2 Å². The third-order valence-electron chi connectivity index (χ3n) is 4.05. The number of rotatable bonds is 3. The lowest BCUT2D eigenvalue weighted by Crippen LogP contribution is -2.47. The van der Waals surface area contributed by atoms with E-state index in [1.165, 1.54) is 0 Å². The molecule has 5 nitrogen and oxygen atoms in total.